The fourth-order valence-corrected chi connectivity index (χ4v) is 1.20. The first-order chi connectivity index (χ1) is 4.49. The van der Waals surface area contributed by atoms with E-state index in [2.05, 4.69) is 4.18 Å². The summed E-state index contributed by atoms with van der Waals surface area (Å²) < 4.78 is 34.1. The van der Waals surface area contributed by atoms with Gasteiger partial charge in [0.05, 0.1) is 6.10 Å². The lowest BCUT2D eigenvalue weighted by molar-refractivity contribution is 0.170. The maximum Gasteiger partial charge on any atom is 0.217 e. The van der Waals surface area contributed by atoms with Crippen molar-refractivity contribution >= 4 is 10.4 Å². The molecule has 0 amide bonds. The molecule has 0 fully saturated rings. The van der Waals surface area contributed by atoms with Crippen molar-refractivity contribution in [2.45, 2.75) is 32.8 Å². The molecule has 0 unspecified atom stereocenters. The Morgan fingerprint density at radius 1 is 1.40 bits per heavy atom. The summed E-state index contributed by atoms with van der Waals surface area (Å²) in [4.78, 5) is 0. The van der Waals surface area contributed by atoms with Crippen LogP contribution in [0.3, 0.4) is 0 Å². The van der Waals surface area contributed by atoms with Crippen LogP contribution in [0.25, 0.3) is 0 Å². The molecule has 10 heavy (non-hydrogen) atoms. The molecule has 0 aromatic carbocycles. The summed E-state index contributed by atoms with van der Waals surface area (Å²) in [6.07, 6.45) is 0.623. The highest BCUT2D eigenvalue weighted by Crippen LogP contribution is 2.05. The van der Waals surface area contributed by atoms with E-state index in [-0.39, 0.29) is 0 Å². The highest BCUT2D eigenvalue weighted by molar-refractivity contribution is 7.80. The summed E-state index contributed by atoms with van der Waals surface area (Å²) in [6, 6.07) is 0. The van der Waals surface area contributed by atoms with E-state index in [1.165, 1.54) is 0 Å². The summed E-state index contributed by atoms with van der Waals surface area (Å²) in [6.45, 7) is 3.53. The van der Waals surface area contributed by atoms with Crippen LogP contribution in [0.15, 0.2) is 0 Å². The van der Waals surface area contributed by atoms with Crippen LogP contribution < -0.4 is 0 Å². The van der Waals surface area contributed by atoms with Crippen LogP contribution >= 0.6 is 0 Å². The molecule has 0 aliphatic heterocycles. The Hall–Kier alpha value is -0.130. The third-order valence-electron chi connectivity index (χ3n) is 1.16. The van der Waals surface area contributed by atoms with Gasteiger partial charge in [0.15, 0.2) is 0 Å². The van der Waals surface area contributed by atoms with Crippen molar-refractivity contribution in [3.05, 3.63) is 0 Å². The minimum atomic E-state index is -4.50. The fourth-order valence-electron chi connectivity index (χ4n) is 0.591. The van der Waals surface area contributed by atoms with Crippen LogP contribution in [0.1, 0.15) is 26.7 Å². The van der Waals surface area contributed by atoms with Gasteiger partial charge >= 0.3 is 0 Å². The molecule has 0 N–H and O–H groups in total. The molecular formula is C5H11O4S-. The summed E-state index contributed by atoms with van der Waals surface area (Å²) >= 11 is 0. The Labute approximate surface area is 61.2 Å². The third-order valence-corrected chi connectivity index (χ3v) is 1.67. The van der Waals surface area contributed by atoms with Crippen LogP contribution in [-0.2, 0) is 14.6 Å². The predicted octanol–water partition coefficient (Wildman–Crippen LogP) is 0.652. The maximum absolute atomic E-state index is 9.98. The Morgan fingerprint density at radius 3 is 1.90 bits per heavy atom. The standard InChI is InChI=1S/C5H12O4S/c1-3-5(4-2)9-10(6,7)8/h5H,3-4H2,1-2H3,(H,6,7,8)/p-1. The largest absolute Gasteiger partial charge is 0.726 e. The Balaban J connectivity index is 3.87. The van der Waals surface area contributed by atoms with Crippen LogP contribution in [0.4, 0.5) is 0 Å². The van der Waals surface area contributed by atoms with Crippen molar-refractivity contribution in [3.63, 3.8) is 0 Å². The van der Waals surface area contributed by atoms with Gasteiger partial charge in [-0.2, -0.15) is 0 Å². The Kier molecular flexibility index (Phi) is 3.85. The van der Waals surface area contributed by atoms with Crippen LogP contribution in [0.2, 0.25) is 0 Å². The van der Waals surface area contributed by atoms with E-state index >= 15 is 0 Å². The summed E-state index contributed by atoms with van der Waals surface area (Å²) in [5, 5.41) is 0. The molecule has 0 aromatic rings. The first kappa shape index (κ1) is 9.87. The number of hydrogen-bond acceptors (Lipinski definition) is 4. The van der Waals surface area contributed by atoms with Crippen LogP contribution in [0.5, 0.6) is 0 Å². The van der Waals surface area contributed by atoms with Gasteiger partial charge in [-0.1, -0.05) is 13.8 Å². The maximum atomic E-state index is 9.98. The quantitative estimate of drug-likeness (QED) is 0.455. The third kappa shape index (κ3) is 4.72. The van der Waals surface area contributed by atoms with Gasteiger partial charge in [0.1, 0.15) is 0 Å². The molecule has 0 saturated carbocycles. The summed E-state index contributed by atoms with van der Waals surface area (Å²) in [7, 11) is -4.50. The van der Waals surface area contributed by atoms with Gasteiger partial charge in [-0.3, -0.25) is 4.18 Å². The van der Waals surface area contributed by atoms with E-state index in [4.69, 9.17) is 0 Å². The molecule has 0 aromatic heterocycles. The lowest BCUT2D eigenvalue weighted by atomic mass is 10.2. The Bertz CT molecular complexity index is 168. The minimum absolute atomic E-state index is 0.456. The zero-order valence-corrected chi connectivity index (χ0v) is 6.85. The van der Waals surface area contributed by atoms with Crippen molar-refractivity contribution in [2.24, 2.45) is 0 Å². The molecule has 0 radical (unpaired) electrons. The molecule has 0 aliphatic rings. The normalized spacial score (nSPS) is 12.4. The second kappa shape index (κ2) is 3.90. The van der Waals surface area contributed by atoms with Gasteiger partial charge in [0, 0.05) is 0 Å². The van der Waals surface area contributed by atoms with Gasteiger partial charge in [-0.05, 0) is 12.8 Å². The summed E-state index contributed by atoms with van der Waals surface area (Å²) in [5.74, 6) is 0. The molecule has 0 saturated heterocycles. The number of hydrogen-bond donors (Lipinski definition) is 0. The lowest BCUT2D eigenvalue weighted by Gasteiger charge is -2.15. The zero-order valence-electron chi connectivity index (χ0n) is 6.03. The second-order valence-electron chi connectivity index (χ2n) is 1.94. The molecular weight excluding hydrogens is 156 g/mol. The van der Waals surface area contributed by atoms with Gasteiger partial charge < -0.3 is 4.55 Å². The first-order valence-electron chi connectivity index (χ1n) is 3.13. The molecule has 62 valence electrons. The van der Waals surface area contributed by atoms with Gasteiger partial charge in [-0.25, -0.2) is 8.42 Å². The highest BCUT2D eigenvalue weighted by atomic mass is 32.3. The zero-order chi connectivity index (χ0) is 8.20. The van der Waals surface area contributed by atoms with Gasteiger partial charge in [-0.15, -0.1) is 0 Å². The fraction of sp³-hybridized carbons (Fsp3) is 1.00. The first-order valence-corrected chi connectivity index (χ1v) is 4.47. The van der Waals surface area contributed by atoms with E-state index < -0.39 is 16.5 Å². The van der Waals surface area contributed by atoms with E-state index in [9.17, 15) is 13.0 Å². The molecule has 5 heteroatoms. The minimum Gasteiger partial charge on any atom is -0.726 e. The average Bonchev–Trinajstić information content (AvgIpc) is 1.81. The van der Waals surface area contributed by atoms with Crippen molar-refractivity contribution in [2.75, 3.05) is 0 Å². The molecule has 0 bridgehead atoms. The molecule has 0 spiro atoms. The van der Waals surface area contributed by atoms with Crippen molar-refractivity contribution in [1.82, 2.24) is 0 Å². The van der Waals surface area contributed by atoms with Crippen LogP contribution in [-0.4, -0.2) is 19.1 Å². The highest BCUT2D eigenvalue weighted by Gasteiger charge is 2.06. The lowest BCUT2D eigenvalue weighted by Crippen LogP contribution is -2.15. The smallest absolute Gasteiger partial charge is 0.217 e. The Morgan fingerprint density at radius 2 is 1.80 bits per heavy atom. The molecule has 4 nitrogen and oxygen atoms in total. The average molecular weight is 167 g/mol. The van der Waals surface area contributed by atoms with Gasteiger partial charge in [0.25, 0.3) is 0 Å². The van der Waals surface area contributed by atoms with E-state index in [0.29, 0.717) is 12.8 Å². The molecule has 0 aliphatic carbocycles. The molecule has 0 heterocycles. The van der Waals surface area contributed by atoms with Crippen molar-refractivity contribution < 1.29 is 17.2 Å². The van der Waals surface area contributed by atoms with E-state index in [1.807, 2.05) is 0 Å². The predicted molar refractivity (Wildman–Crippen MR) is 35.2 cm³/mol. The van der Waals surface area contributed by atoms with Crippen molar-refractivity contribution in [1.29, 1.82) is 0 Å². The topological polar surface area (TPSA) is 66.4 Å². The second-order valence-corrected chi connectivity index (χ2v) is 2.95. The molecule has 0 atom stereocenters. The summed E-state index contributed by atoms with van der Waals surface area (Å²) in [5.41, 5.74) is 0. The molecule has 0 rings (SSSR count). The van der Waals surface area contributed by atoms with Gasteiger partial charge in [0.2, 0.25) is 10.4 Å². The SMILES string of the molecule is CCC(CC)OS(=O)(=O)[O-]. The van der Waals surface area contributed by atoms with Crippen molar-refractivity contribution in [3.8, 4) is 0 Å². The van der Waals surface area contributed by atoms with Crippen LogP contribution in [0, 0.1) is 0 Å². The number of rotatable bonds is 4. The monoisotopic (exact) mass is 167 g/mol. The van der Waals surface area contributed by atoms with E-state index in [1.54, 1.807) is 13.8 Å². The van der Waals surface area contributed by atoms with E-state index in [0.717, 1.165) is 0 Å².